The molecule has 1 heterocycles. The van der Waals surface area contributed by atoms with Crippen LogP contribution < -0.4 is 9.47 Å². The Balaban J connectivity index is 2.72. The summed E-state index contributed by atoms with van der Waals surface area (Å²) in [7, 11) is 3.12. The van der Waals surface area contributed by atoms with Gasteiger partial charge >= 0.3 is 0 Å². The van der Waals surface area contributed by atoms with Crippen LogP contribution in [0, 0.1) is 18.3 Å². The summed E-state index contributed by atoms with van der Waals surface area (Å²) in [6.45, 7) is 1.91. The molecule has 0 amide bonds. The Labute approximate surface area is 105 Å². The Morgan fingerprint density at radius 1 is 1.22 bits per heavy atom. The molecule has 0 saturated heterocycles. The number of methoxy groups -OCH3 is 2. The zero-order valence-electron chi connectivity index (χ0n) is 10.4. The highest BCUT2D eigenvalue weighted by Gasteiger charge is 2.16. The molecule has 0 aliphatic carbocycles. The van der Waals surface area contributed by atoms with Crippen LogP contribution in [0.5, 0.6) is 11.5 Å². The standard InChI is InChI=1S/C13H13N3O2/c1-8-11(7-15-16-8)10-4-9(6-14)5-12(17-2)13(10)18-3/h4-5,7H,1-3H3,(H,15,16). The Bertz CT molecular complexity index is 611. The first-order valence-corrected chi connectivity index (χ1v) is 5.37. The number of aryl methyl sites for hydroxylation is 1. The molecule has 0 spiro atoms. The Morgan fingerprint density at radius 3 is 2.50 bits per heavy atom. The number of H-pyrrole nitrogens is 1. The summed E-state index contributed by atoms with van der Waals surface area (Å²) in [5.41, 5.74) is 3.11. The summed E-state index contributed by atoms with van der Waals surface area (Å²) in [5.74, 6) is 1.13. The van der Waals surface area contributed by atoms with Gasteiger partial charge in [-0.2, -0.15) is 10.4 Å². The second-order valence-corrected chi connectivity index (χ2v) is 3.78. The fourth-order valence-corrected chi connectivity index (χ4v) is 1.85. The van der Waals surface area contributed by atoms with Gasteiger partial charge in [0.25, 0.3) is 0 Å². The van der Waals surface area contributed by atoms with Crippen molar-refractivity contribution in [1.29, 1.82) is 5.26 Å². The van der Waals surface area contributed by atoms with Crippen molar-refractivity contribution in [2.24, 2.45) is 0 Å². The van der Waals surface area contributed by atoms with Crippen molar-refractivity contribution >= 4 is 0 Å². The highest BCUT2D eigenvalue weighted by molar-refractivity contribution is 5.76. The molecule has 2 rings (SSSR count). The van der Waals surface area contributed by atoms with Crippen LogP contribution in [0.4, 0.5) is 0 Å². The quantitative estimate of drug-likeness (QED) is 0.897. The maximum atomic E-state index is 9.04. The first-order valence-electron chi connectivity index (χ1n) is 5.37. The third kappa shape index (κ3) is 1.89. The summed E-state index contributed by atoms with van der Waals surface area (Å²) in [6, 6.07) is 5.52. The van der Waals surface area contributed by atoms with Crippen LogP contribution in [0.3, 0.4) is 0 Å². The molecule has 0 radical (unpaired) electrons. The van der Waals surface area contributed by atoms with E-state index in [0.29, 0.717) is 17.1 Å². The largest absolute Gasteiger partial charge is 0.493 e. The zero-order chi connectivity index (χ0) is 13.1. The Hall–Kier alpha value is -2.48. The van der Waals surface area contributed by atoms with Crippen LogP contribution in [-0.2, 0) is 0 Å². The molecule has 2 aromatic rings. The Kier molecular flexibility index (Phi) is 3.20. The van der Waals surface area contributed by atoms with Gasteiger partial charge in [0.05, 0.1) is 32.0 Å². The number of ether oxygens (including phenoxy) is 2. The van der Waals surface area contributed by atoms with E-state index in [1.54, 1.807) is 32.5 Å². The molecule has 0 aliphatic rings. The zero-order valence-corrected chi connectivity index (χ0v) is 10.4. The van der Waals surface area contributed by atoms with E-state index in [2.05, 4.69) is 16.3 Å². The minimum Gasteiger partial charge on any atom is -0.493 e. The fraction of sp³-hybridized carbons (Fsp3) is 0.231. The summed E-state index contributed by atoms with van der Waals surface area (Å²) >= 11 is 0. The van der Waals surface area contributed by atoms with Gasteiger partial charge in [0.15, 0.2) is 11.5 Å². The molecule has 0 aliphatic heterocycles. The predicted octanol–water partition coefficient (Wildman–Crippen LogP) is 2.27. The topological polar surface area (TPSA) is 70.9 Å². The van der Waals surface area contributed by atoms with Crippen LogP contribution in [0.15, 0.2) is 18.3 Å². The average molecular weight is 243 g/mol. The van der Waals surface area contributed by atoms with E-state index >= 15 is 0 Å². The fourth-order valence-electron chi connectivity index (χ4n) is 1.85. The maximum absolute atomic E-state index is 9.04. The van der Waals surface area contributed by atoms with Crippen molar-refractivity contribution in [3.63, 3.8) is 0 Å². The third-order valence-electron chi connectivity index (χ3n) is 2.73. The van der Waals surface area contributed by atoms with Gasteiger partial charge in [-0.1, -0.05) is 0 Å². The molecule has 5 heteroatoms. The van der Waals surface area contributed by atoms with Gasteiger partial charge in [0.1, 0.15) is 0 Å². The van der Waals surface area contributed by atoms with Gasteiger partial charge < -0.3 is 9.47 Å². The summed E-state index contributed by atoms with van der Waals surface area (Å²) in [6.07, 6.45) is 1.70. The van der Waals surface area contributed by atoms with E-state index in [9.17, 15) is 0 Å². The first-order chi connectivity index (χ1) is 8.71. The van der Waals surface area contributed by atoms with Crippen LogP contribution in [0.2, 0.25) is 0 Å². The molecular weight excluding hydrogens is 230 g/mol. The van der Waals surface area contributed by atoms with Crippen molar-refractivity contribution in [1.82, 2.24) is 10.2 Å². The van der Waals surface area contributed by atoms with Crippen LogP contribution in [-0.4, -0.2) is 24.4 Å². The molecule has 0 saturated carbocycles. The number of aromatic amines is 1. The van der Waals surface area contributed by atoms with E-state index in [-0.39, 0.29) is 0 Å². The second-order valence-electron chi connectivity index (χ2n) is 3.78. The molecule has 0 fully saturated rings. The number of rotatable bonds is 3. The molecule has 5 nitrogen and oxygen atoms in total. The van der Waals surface area contributed by atoms with Gasteiger partial charge in [-0.05, 0) is 13.0 Å². The second kappa shape index (κ2) is 4.80. The highest BCUT2D eigenvalue weighted by atomic mass is 16.5. The number of aromatic nitrogens is 2. The van der Waals surface area contributed by atoms with Crippen LogP contribution in [0.1, 0.15) is 11.3 Å². The third-order valence-corrected chi connectivity index (χ3v) is 2.73. The lowest BCUT2D eigenvalue weighted by molar-refractivity contribution is 0.356. The lowest BCUT2D eigenvalue weighted by atomic mass is 10.0. The van der Waals surface area contributed by atoms with Gasteiger partial charge in [0.2, 0.25) is 0 Å². The van der Waals surface area contributed by atoms with Gasteiger partial charge in [0, 0.05) is 22.9 Å². The lowest BCUT2D eigenvalue weighted by Gasteiger charge is -2.12. The maximum Gasteiger partial charge on any atom is 0.168 e. The minimum absolute atomic E-state index is 0.517. The Morgan fingerprint density at radius 2 is 2.00 bits per heavy atom. The normalized spacial score (nSPS) is 9.89. The number of nitrogens with one attached hydrogen (secondary N) is 1. The van der Waals surface area contributed by atoms with Gasteiger partial charge in [-0.3, -0.25) is 5.10 Å². The summed E-state index contributed by atoms with van der Waals surface area (Å²) < 4.78 is 10.6. The molecule has 0 bridgehead atoms. The number of nitrogens with zero attached hydrogens (tertiary/aromatic N) is 2. The molecule has 1 N–H and O–H groups in total. The number of hydrogen-bond donors (Lipinski definition) is 1. The van der Waals surface area contributed by atoms with E-state index < -0.39 is 0 Å². The molecule has 92 valence electrons. The first kappa shape index (κ1) is 12.0. The molecule has 1 aromatic heterocycles. The van der Waals surface area contributed by atoms with Gasteiger partial charge in [-0.15, -0.1) is 0 Å². The van der Waals surface area contributed by atoms with Crippen molar-refractivity contribution in [3.8, 4) is 28.7 Å². The van der Waals surface area contributed by atoms with Crippen molar-refractivity contribution in [2.75, 3.05) is 14.2 Å². The molecule has 0 atom stereocenters. The van der Waals surface area contributed by atoms with E-state index in [1.165, 1.54) is 0 Å². The van der Waals surface area contributed by atoms with Gasteiger partial charge in [-0.25, -0.2) is 0 Å². The lowest BCUT2D eigenvalue weighted by Crippen LogP contribution is -1.95. The predicted molar refractivity (Wildman–Crippen MR) is 66.6 cm³/mol. The van der Waals surface area contributed by atoms with Crippen molar-refractivity contribution < 1.29 is 9.47 Å². The molecule has 0 unspecified atom stereocenters. The smallest absolute Gasteiger partial charge is 0.168 e. The molecular formula is C13H13N3O2. The summed E-state index contributed by atoms with van der Waals surface area (Å²) in [4.78, 5) is 0. The SMILES string of the molecule is COc1cc(C#N)cc(-c2cn[nH]c2C)c1OC. The van der Waals surface area contributed by atoms with Crippen molar-refractivity contribution in [2.45, 2.75) is 6.92 Å². The van der Waals surface area contributed by atoms with Crippen LogP contribution in [0.25, 0.3) is 11.1 Å². The van der Waals surface area contributed by atoms with E-state index in [1.807, 2.05) is 6.92 Å². The number of hydrogen-bond acceptors (Lipinski definition) is 4. The molecule has 1 aromatic carbocycles. The highest BCUT2D eigenvalue weighted by Crippen LogP contribution is 2.39. The number of nitriles is 1. The summed E-state index contributed by atoms with van der Waals surface area (Å²) in [5, 5.41) is 15.9. The van der Waals surface area contributed by atoms with E-state index in [4.69, 9.17) is 14.7 Å². The van der Waals surface area contributed by atoms with Crippen molar-refractivity contribution in [3.05, 3.63) is 29.6 Å². The molecule has 18 heavy (non-hydrogen) atoms. The average Bonchev–Trinajstić information content (AvgIpc) is 2.83. The van der Waals surface area contributed by atoms with Crippen LogP contribution >= 0.6 is 0 Å². The minimum atomic E-state index is 0.517. The monoisotopic (exact) mass is 243 g/mol. The van der Waals surface area contributed by atoms with E-state index in [0.717, 1.165) is 16.8 Å². The number of benzene rings is 1.